The maximum Gasteiger partial charge on any atom is 0.387 e. The summed E-state index contributed by atoms with van der Waals surface area (Å²) in [6, 6.07) is 5.73. The summed E-state index contributed by atoms with van der Waals surface area (Å²) in [5, 5.41) is 4.88. The molecule has 7 nitrogen and oxygen atoms in total. The van der Waals surface area contributed by atoms with E-state index >= 15 is 0 Å². The van der Waals surface area contributed by atoms with E-state index in [0.29, 0.717) is 27.9 Å². The van der Waals surface area contributed by atoms with Gasteiger partial charge in [-0.2, -0.15) is 13.9 Å². The van der Waals surface area contributed by atoms with Crippen molar-refractivity contribution in [2.24, 2.45) is 5.41 Å². The molecule has 0 spiro atoms. The van der Waals surface area contributed by atoms with Crippen molar-refractivity contribution in [1.29, 1.82) is 0 Å². The van der Waals surface area contributed by atoms with E-state index in [-0.39, 0.29) is 40.5 Å². The second-order valence-electron chi connectivity index (χ2n) is 8.94. The van der Waals surface area contributed by atoms with E-state index in [4.69, 9.17) is 11.6 Å². The van der Waals surface area contributed by atoms with Crippen LogP contribution in [0.4, 0.5) is 8.78 Å². The number of fused-ring (bicyclic) bond motifs is 1. The quantitative estimate of drug-likeness (QED) is 0.429. The Morgan fingerprint density at radius 3 is 2.58 bits per heavy atom. The number of benzene rings is 1. The zero-order valence-electron chi connectivity index (χ0n) is 18.2. The van der Waals surface area contributed by atoms with Gasteiger partial charge in [-0.05, 0) is 38.1 Å². The van der Waals surface area contributed by atoms with Gasteiger partial charge in [0, 0.05) is 35.2 Å². The number of aromatic nitrogens is 3. The molecule has 1 aromatic carbocycles. The standard InChI is InChI=1S/C22H22ClF2N3O4S/c1-12(2)28-17-6-13(18(29)8-22(3)10-33(30,31)11-22)9-26-20(17)19(27-28)15-7-14(32-21(24)25)4-5-16(15)23/h4-7,9,12,21H,8,10-11H2,1-3H3. The summed E-state index contributed by atoms with van der Waals surface area (Å²) in [7, 11) is -3.06. The molecule has 1 fully saturated rings. The van der Waals surface area contributed by atoms with Gasteiger partial charge in [0.05, 0.1) is 22.0 Å². The number of hydrogen-bond donors (Lipinski definition) is 0. The van der Waals surface area contributed by atoms with Crippen LogP contribution >= 0.6 is 11.6 Å². The van der Waals surface area contributed by atoms with Crippen LogP contribution in [0.5, 0.6) is 5.75 Å². The van der Waals surface area contributed by atoms with Crippen molar-refractivity contribution < 1.29 is 26.7 Å². The molecule has 0 radical (unpaired) electrons. The number of ketones is 1. The highest BCUT2D eigenvalue weighted by molar-refractivity contribution is 7.92. The summed E-state index contributed by atoms with van der Waals surface area (Å²) in [4.78, 5) is 17.3. The number of sulfone groups is 1. The van der Waals surface area contributed by atoms with Crippen LogP contribution in [-0.4, -0.2) is 47.1 Å². The smallest absolute Gasteiger partial charge is 0.387 e. The van der Waals surface area contributed by atoms with E-state index in [1.807, 2.05) is 13.8 Å². The normalized spacial score (nSPS) is 16.8. The predicted octanol–water partition coefficient (Wildman–Crippen LogP) is 4.94. The lowest BCUT2D eigenvalue weighted by molar-refractivity contribution is -0.0498. The summed E-state index contributed by atoms with van der Waals surface area (Å²) in [6.07, 6.45) is 1.52. The van der Waals surface area contributed by atoms with Crippen molar-refractivity contribution in [2.45, 2.75) is 39.8 Å². The fourth-order valence-electron chi connectivity index (χ4n) is 4.22. The first kappa shape index (κ1) is 23.6. The van der Waals surface area contributed by atoms with Gasteiger partial charge < -0.3 is 4.74 Å². The molecule has 0 unspecified atom stereocenters. The number of ether oxygens (including phenoxy) is 1. The number of alkyl halides is 2. The molecule has 1 aliphatic heterocycles. The average molecular weight is 498 g/mol. The van der Waals surface area contributed by atoms with Gasteiger partial charge >= 0.3 is 6.61 Å². The van der Waals surface area contributed by atoms with Gasteiger partial charge in [-0.3, -0.25) is 14.5 Å². The van der Waals surface area contributed by atoms with Crippen LogP contribution in [0.25, 0.3) is 22.3 Å². The van der Waals surface area contributed by atoms with Crippen molar-refractivity contribution in [3.8, 4) is 17.0 Å². The number of Topliss-reactive ketones (excluding diaryl/α,β-unsaturated/α-hetero) is 1. The molecule has 3 aromatic rings. The van der Waals surface area contributed by atoms with Crippen molar-refractivity contribution in [2.75, 3.05) is 11.5 Å². The highest BCUT2D eigenvalue weighted by Gasteiger charge is 2.45. The SMILES string of the molecule is CC(C)n1nc(-c2cc(OC(F)F)ccc2Cl)c2ncc(C(=O)CC3(C)CS(=O)(=O)C3)cc21. The summed E-state index contributed by atoms with van der Waals surface area (Å²) < 4.78 is 54.7. The molecule has 0 amide bonds. The van der Waals surface area contributed by atoms with Gasteiger partial charge in [0.15, 0.2) is 15.6 Å². The molecule has 0 atom stereocenters. The van der Waals surface area contributed by atoms with E-state index < -0.39 is 21.9 Å². The minimum Gasteiger partial charge on any atom is -0.435 e. The second kappa shape index (κ2) is 8.32. The molecule has 11 heteroatoms. The molecule has 0 aliphatic carbocycles. The van der Waals surface area contributed by atoms with Crippen LogP contribution in [0.2, 0.25) is 5.02 Å². The topological polar surface area (TPSA) is 91.2 Å². The van der Waals surface area contributed by atoms with Crippen molar-refractivity contribution in [1.82, 2.24) is 14.8 Å². The molecule has 0 N–H and O–H groups in total. The molecular formula is C22H22ClF2N3O4S. The fourth-order valence-corrected chi connectivity index (χ4v) is 6.67. The van der Waals surface area contributed by atoms with Crippen LogP contribution in [-0.2, 0) is 9.84 Å². The van der Waals surface area contributed by atoms with Gasteiger partial charge in [-0.25, -0.2) is 8.42 Å². The van der Waals surface area contributed by atoms with E-state index in [1.165, 1.54) is 24.4 Å². The van der Waals surface area contributed by atoms with E-state index in [0.717, 1.165) is 0 Å². The third-order valence-corrected chi connectivity index (χ3v) is 8.10. The third kappa shape index (κ3) is 4.72. The Balaban J connectivity index is 1.75. The molecule has 3 heterocycles. The Bertz CT molecular complexity index is 1340. The number of carbonyl (C=O) groups is 1. The monoisotopic (exact) mass is 497 g/mol. The van der Waals surface area contributed by atoms with Crippen molar-refractivity contribution >= 4 is 38.3 Å². The molecule has 33 heavy (non-hydrogen) atoms. The van der Waals surface area contributed by atoms with Crippen LogP contribution in [0.3, 0.4) is 0 Å². The zero-order valence-corrected chi connectivity index (χ0v) is 19.8. The lowest BCUT2D eigenvalue weighted by Crippen LogP contribution is -2.47. The molecule has 1 aliphatic rings. The summed E-state index contributed by atoms with van der Waals surface area (Å²) in [5.41, 5.74) is 1.55. The Hall–Kier alpha value is -2.59. The summed E-state index contributed by atoms with van der Waals surface area (Å²) in [5.74, 6) is -0.284. The first-order chi connectivity index (χ1) is 15.4. The predicted molar refractivity (Wildman–Crippen MR) is 121 cm³/mol. The molecule has 0 saturated carbocycles. The highest BCUT2D eigenvalue weighted by atomic mass is 35.5. The zero-order chi connectivity index (χ0) is 24.1. The Morgan fingerprint density at radius 2 is 1.97 bits per heavy atom. The summed E-state index contributed by atoms with van der Waals surface area (Å²) >= 11 is 6.33. The number of nitrogens with zero attached hydrogens (tertiary/aromatic N) is 3. The average Bonchev–Trinajstić information content (AvgIpc) is 3.06. The second-order valence-corrected chi connectivity index (χ2v) is 11.4. The first-order valence-electron chi connectivity index (χ1n) is 10.2. The van der Waals surface area contributed by atoms with Crippen LogP contribution in [0.1, 0.15) is 43.6 Å². The van der Waals surface area contributed by atoms with Gasteiger partial charge in [0.2, 0.25) is 0 Å². The van der Waals surface area contributed by atoms with Crippen LogP contribution < -0.4 is 4.74 Å². The molecule has 1 saturated heterocycles. The van der Waals surface area contributed by atoms with E-state index in [2.05, 4.69) is 14.8 Å². The van der Waals surface area contributed by atoms with Gasteiger partial charge in [-0.15, -0.1) is 0 Å². The van der Waals surface area contributed by atoms with Gasteiger partial charge in [0.25, 0.3) is 0 Å². The maximum atomic E-state index is 12.9. The minimum absolute atomic E-state index is 0.00891. The number of pyridine rings is 1. The molecule has 2 aromatic heterocycles. The number of rotatable bonds is 7. The lowest BCUT2D eigenvalue weighted by atomic mass is 9.86. The maximum absolute atomic E-state index is 12.9. The first-order valence-corrected chi connectivity index (χ1v) is 12.4. The molecular weight excluding hydrogens is 476 g/mol. The Labute approximate surface area is 194 Å². The lowest BCUT2D eigenvalue weighted by Gasteiger charge is -2.37. The van der Waals surface area contributed by atoms with Crippen molar-refractivity contribution in [3.05, 3.63) is 41.0 Å². The third-order valence-electron chi connectivity index (χ3n) is 5.50. The van der Waals surface area contributed by atoms with Crippen LogP contribution in [0, 0.1) is 5.41 Å². The summed E-state index contributed by atoms with van der Waals surface area (Å²) in [6.45, 7) is 2.61. The highest BCUT2D eigenvalue weighted by Crippen LogP contribution is 2.38. The largest absolute Gasteiger partial charge is 0.435 e. The molecule has 0 bridgehead atoms. The van der Waals surface area contributed by atoms with E-state index in [1.54, 1.807) is 17.7 Å². The Morgan fingerprint density at radius 1 is 1.27 bits per heavy atom. The van der Waals surface area contributed by atoms with E-state index in [9.17, 15) is 22.0 Å². The van der Waals surface area contributed by atoms with Crippen molar-refractivity contribution in [3.63, 3.8) is 0 Å². The fraction of sp³-hybridized carbons (Fsp3) is 0.409. The van der Waals surface area contributed by atoms with Gasteiger partial charge in [-0.1, -0.05) is 18.5 Å². The molecule has 4 rings (SSSR count). The molecule has 176 valence electrons. The Kier molecular flexibility index (Phi) is 5.94. The van der Waals surface area contributed by atoms with Gasteiger partial charge in [0.1, 0.15) is 17.0 Å². The van der Waals surface area contributed by atoms with Crippen LogP contribution in [0.15, 0.2) is 30.5 Å². The number of carbonyl (C=O) groups excluding carboxylic acids is 1. The minimum atomic E-state index is -3.06. The number of halogens is 3. The number of hydrogen-bond acceptors (Lipinski definition) is 6.